The molecule has 1 aromatic carbocycles. The molecule has 2 aromatic rings. The molecule has 0 saturated heterocycles. The molecule has 94 valence electrons. The highest BCUT2D eigenvalue weighted by atomic mass is 32.1. The van der Waals surface area contributed by atoms with E-state index in [-0.39, 0.29) is 0 Å². The summed E-state index contributed by atoms with van der Waals surface area (Å²) < 4.78 is 7.60. The van der Waals surface area contributed by atoms with Crippen molar-refractivity contribution in [3.8, 4) is 5.75 Å². The lowest BCUT2D eigenvalue weighted by atomic mass is 10.1. The summed E-state index contributed by atoms with van der Waals surface area (Å²) in [5, 5.41) is 0. The van der Waals surface area contributed by atoms with Crippen molar-refractivity contribution in [2.24, 2.45) is 5.73 Å². The first-order valence-corrected chi connectivity index (χ1v) is 6.10. The summed E-state index contributed by atoms with van der Waals surface area (Å²) in [4.78, 5) is 4.47. The molecule has 0 amide bonds. The Morgan fingerprint density at radius 3 is 2.72 bits per heavy atom. The van der Waals surface area contributed by atoms with Gasteiger partial charge in [0, 0.05) is 18.8 Å². The van der Waals surface area contributed by atoms with E-state index in [1.807, 2.05) is 35.0 Å². The molecule has 0 unspecified atom stereocenters. The quantitative estimate of drug-likeness (QED) is 0.806. The maximum Gasteiger partial charge on any atom is 0.119 e. The van der Waals surface area contributed by atoms with Gasteiger partial charge in [-0.15, -0.1) is 0 Å². The molecule has 18 heavy (non-hydrogen) atoms. The first-order chi connectivity index (χ1) is 8.74. The van der Waals surface area contributed by atoms with Crippen molar-refractivity contribution < 1.29 is 4.74 Å². The minimum atomic E-state index is 0.503. The van der Waals surface area contributed by atoms with Crippen molar-refractivity contribution in [3.05, 3.63) is 48.5 Å². The number of imidazole rings is 1. The fourth-order valence-corrected chi connectivity index (χ4v) is 1.76. The predicted molar refractivity (Wildman–Crippen MR) is 74.7 cm³/mol. The van der Waals surface area contributed by atoms with Crippen LogP contribution in [0, 0.1) is 0 Å². The van der Waals surface area contributed by atoms with Crippen LogP contribution in [-0.4, -0.2) is 21.1 Å². The standard InChI is InChI=1S/C13H15N3OS/c14-13(18)9-11-1-3-12(4-2-11)17-8-7-16-6-5-15-10-16/h1-6,10H,7-9H2,(H2,14,18). The van der Waals surface area contributed by atoms with Crippen LogP contribution < -0.4 is 10.5 Å². The van der Waals surface area contributed by atoms with Crippen LogP contribution in [-0.2, 0) is 13.0 Å². The van der Waals surface area contributed by atoms with Crippen LogP contribution in [0.3, 0.4) is 0 Å². The largest absolute Gasteiger partial charge is 0.492 e. The van der Waals surface area contributed by atoms with Crippen LogP contribution in [0.15, 0.2) is 43.0 Å². The zero-order chi connectivity index (χ0) is 12.8. The Balaban J connectivity index is 1.81. The van der Waals surface area contributed by atoms with Gasteiger partial charge in [-0.05, 0) is 17.7 Å². The molecule has 5 heteroatoms. The van der Waals surface area contributed by atoms with E-state index in [4.69, 9.17) is 22.7 Å². The van der Waals surface area contributed by atoms with Crippen LogP contribution in [0.4, 0.5) is 0 Å². The monoisotopic (exact) mass is 261 g/mol. The second kappa shape index (κ2) is 6.16. The second-order valence-corrected chi connectivity index (χ2v) is 4.46. The van der Waals surface area contributed by atoms with Crippen LogP contribution in [0.2, 0.25) is 0 Å². The Kier molecular flexibility index (Phi) is 4.30. The Morgan fingerprint density at radius 1 is 1.33 bits per heavy atom. The fraction of sp³-hybridized carbons (Fsp3) is 0.231. The van der Waals surface area contributed by atoms with Crippen molar-refractivity contribution in [2.45, 2.75) is 13.0 Å². The van der Waals surface area contributed by atoms with Crippen molar-refractivity contribution >= 4 is 17.2 Å². The first-order valence-electron chi connectivity index (χ1n) is 5.70. The van der Waals surface area contributed by atoms with Gasteiger partial charge in [0.05, 0.1) is 17.9 Å². The van der Waals surface area contributed by atoms with E-state index in [0.29, 0.717) is 18.0 Å². The molecule has 1 heterocycles. The molecule has 2 N–H and O–H groups in total. The molecule has 0 saturated carbocycles. The van der Waals surface area contributed by atoms with E-state index in [0.717, 1.165) is 17.9 Å². The van der Waals surface area contributed by atoms with Gasteiger partial charge in [0.25, 0.3) is 0 Å². The van der Waals surface area contributed by atoms with E-state index in [1.54, 1.807) is 12.5 Å². The lowest BCUT2D eigenvalue weighted by molar-refractivity contribution is 0.298. The molecule has 0 atom stereocenters. The summed E-state index contributed by atoms with van der Waals surface area (Å²) in [6.07, 6.45) is 6.07. The average Bonchev–Trinajstić information content (AvgIpc) is 2.84. The minimum absolute atomic E-state index is 0.503. The molecule has 0 aliphatic heterocycles. The van der Waals surface area contributed by atoms with Crippen LogP contribution in [0.1, 0.15) is 5.56 Å². The number of ether oxygens (including phenoxy) is 1. The maximum atomic E-state index is 5.63. The van der Waals surface area contributed by atoms with Gasteiger partial charge in [-0.3, -0.25) is 0 Å². The Bertz CT molecular complexity index is 493. The smallest absolute Gasteiger partial charge is 0.119 e. The Hall–Kier alpha value is -1.88. The number of benzene rings is 1. The summed E-state index contributed by atoms with van der Waals surface area (Å²) >= 11 is 4.86. The maximum absolute atomic E-state index is 5.63. The van der Waals surface area contributed by atoms with Gasteiger partial charge in [-0.2, -0.15) is 0 Å². The van der Waals surface area contributed by atoms with Crippen molar-refractivity contribution in [3.63, 3.8) is 0 Å². The van der Waals surface area contributed by atoms with Crippen LogP contribution in [0.5, 0.6) is 5.75 Å². The zero-order valence-electron chi connectivity index (χ0n) is 9.95. The van der Waals surface area contributed by atoms with Crippen LogP contribution >= 0.6 is 12.2 Å². The molecular formula is C13H15N3OS. The van der Waals surface area contributed by atoms with E-state index < -0.39 is 0 Å². The summed E-state index contributed by atoms with van der Waals surface area (Å²) in [6, 6.07) is 7.82. The minimum Gasteiger partial charge on any atom is -0.492 e. The van der Waals surface area contributed by atoms with E-state index in [2.05, 4.69) is 4.98 Å². The molecule has 0 bridgehead atoms. The van der Waals surface area contributed by atoms with Gasteiger partial charge in [0.1, 0.15) is 12.4 Å². The Labute approximate surface area is 111 Å². The van der Waals surface area contributed by atoms with Crippen LogP contribution in [0.25, 0.3) is 0 Å². The van der Waals surface area contributed by atoms with E-state index >= 15 is 0 Å². The number of rotatable bonds is 6. The Morgan fingerprint density at radius 2 is 2.11 bits per heavy atom. The topological polar surface area (TPSA) is 53.1 Å². The normalized spacial score (nSPS) is 10.2. The van der Waals surface area contributed by atoms with Gasteiger partial charge < -0.3 is 15.0 Å². The fourth-order valence-electron chi connectivity index (χ4n) is 1.59. The first kappa shape index (κ1) is 12.6. The van der Waals surface area contributed by atoms with Crippen molar-refractivity contribution in [2.75, 3.05) is 6.61 Å². The molecule has 0 spiro atoms. The summed E-state index contributed by atoms with van der Waals surface area (Å²) in [5.41, 5.74) is 6.59. The third-order valence-electron chi connectivity index (χ3n) is 2.48. The molecule has 2 rings (SSSR count). The number of thiocarbonyl (C=S) groups is 1. The molecule has 4 nitrogen and oxygen atoms in total. The third kappa shape index (κ3) is 3.85. The lowest BCUT2D eigenvalue weighted by Gasteiger charge is -2.07. The highest BCUT2D eigenvalue weighted by molar-refractivity contribution is 7.80. The molecule has 0 fully saturated rings. The number of hydrogen-bond donors (Lipinski definition) is 1. The number of nitrogens with two attached hydrogens (primary N) is 1. The highest BCUT2D eigenvalue weighted by Crippen LogP contribution is 2.12. The summed E-state index contributed by atoms with van der Waals surface area (Å²) in [5.74, 6) is 0.849. The van der Waals surface area contributed by atoms with Crippen molar-refractivity contribution in [1.82, 2.24) is 9.55 Å². The van der Waals surface area contributed by atoms with Crippen molar-refractivity contribution in [1.29, 1.82) is 0 Å². The molecule has 0 radical (unpaired) electrons. The SMILES string of the molecule is NC(=S)Cc1ccc(OCCn2ccnc2)cc1. The van der Waals surface area contributed by atoms with E-state index in [9.17, 15) is 0 Å². The van der Waals surface area contributed by atoms with Gasteiger partial charge in [-0.25, -0.2) is 4.98 Å². The molecule has 1 aromatic heterocycles. The highest BCUT2D eigenvalue weighted by Gasteiger charge is 1.97. The predicted octanol–water partition coefficient (Wildman–Crippen LogP) is 1.79. The summed E-state index contributed by atoms with van der Waals surface area (Å²) in [6.45, 7) is 1.40. The second-order valence-electron chi connectivity index (χ2n) is 3.94. The number of hydrogen-bond acceptors (Lipinski definition) is 3. The third-order valence-corrected chi connectivity index (χ3v) is 2.62. The zero-order valence-corrected chi connectivity index (χ0v) is 10.8. The molecular weight excluding hydrogens is 246 g/mol. The molecule has 0 aliphatic carbocycles. The average molecular weight is 261 g/mol. The van der Waals surface area contributed by atoms with Gasteiger partial charge in [-0.1, -0.05) is 24.4 Å². The number of aromatic nitrogens is 2. The van der Waals surface area contributed by atoms with Gasteiger partial charge in [0.2, 0.25) is 0 Å². The van der Waals surface area contributed by atoms with Gasteiger partial charge in [0.15, 0.2) is 0 Å². The van der Waals surface area contributed by atoms with E-state index in [1.165, 1.54) is 0 Å². The number of nitrogens with zero attached hydrogens (tertiary/aromatic N) is 2. The molecule has 0 aliphatic rings. The summed E-state index contributed by atoms with van der Waals surface area (Å²) in [7, 11) is 0. The lowest BCUT2D eigenvalue weighted by Crippen LogP contribution is -2.11. The van der Waals surface area contributed by atoms with Gasteiger partial charge >= 0.3 is 0 Å².